The maximum Gasteiger partial charge on any atom is 0.162 e. The molecule has 6 atom stereocenters. The highest BCUT2D eigenvalue weighted by Gasteiger charge is 2.81. The standard InChI is InChI=1S/C21H32O/c1-13-8-7-10-19(5)11-9-15-18(3,4)12-20(6)14(2)17(22)16(13)21(15,19)20/h13,15-16H,2,7-12H2,1,3-6H3/t13-,15-,16+,19+,20+,21?/m1/s1. The summed E-state index contributed by atoms with van der Waals surface area (Å²) in [6, 6.07) is 0. The average molecular weight is 300 g/mol. The number of Topliss-reactive ketones (excluding diaryl/α,β-unsaturated/α-hetero) is 1. The number of carbonyl (C=O) groups is 1. The van der Waals surface area contributed by atoms with E-state index in [4.69, 9.17) is 0 Å². The van der Waals surface area contributed by atoms with Crippen molar-refractivity contribution >= 4 is 5.78 Å². The molecule has 0 heterocycles. The van der Waals surface area contributed by atoms with Crippen molar-refractivity contribution in [2.24, 2.45) is 39.4 Å². The fourth-order valence-corrected chi connectivity index (χ4v) is 8.53. The fraction of sp³-hybridized carbons (Fsp3) is 0.857. The van der Waals surface area contributed by atoms with Crippen molar-refractivity contribution in [3.8, 4) is 0 Å². The molecule has 1 heteroatoms. The van der Waals surface area contributed by atoms with Gasteiger partial charge in [0.05, 0.1) is 0 Å². The Morgan fingerprint density at radius 3 is 2.45 bits per heavy atom. The minimum atomic E-state index is 0.0345. The van der Waals surface area contributed by atoms with E-state index in [-0.39, 0.29) is 16.7 Å². The molecule has 4 saturated carbocycles. The van der Waals surface area contributed by atoms with Crippen LogP contribution in [0.5, 0.6) is 0 Å². The summed E-state index contributed by atoms with van der Waals surface area (Å²) in [5.41, 5.74) is 1.89. The van der Waals surface area contributed by atoms with E-state index in [0.29, 0.717) is 28.4 Å². The lowest BCUT2D eigenvalue weighted by atomic mass is 9.50. The van der Waals surface area contributed by atoms with Crippen LogP contribution in [0.25, 0.3) is 0 Å². The van der Waals surface area contributed by atoms with Gasteiger partial charge in [0.2, 0.25) is 0 Å². The number of hydrogen-bond donors (Lipinski definition) is 0. The van der Waals surface area contributed by atoms with Crippen molar-refractivity contribution in [1.82, 2.24) is 0 Å². The molecule has 4 rings (SSSR count). The van der Waals surface area contributed by atoms with Crippen LogP contribution in [0.15, 0.2) is 12.2 Å². The summed E-state index contributed by atoms with van der Waals surface area (Å²) < 4.78 is 0. The van der Waals surface area contributed by atoms with E-state index >= 15 is 0 Å². The van der Waals surface area contributed by atoms with Crippen molar-refractivity contribution in [2.75, 3.05) is 0 Å². The molecule has 4 aliphatic rings. The van der Waals surface area contributed by atoms with Crippen LogP contribution in [0.3, 0.4) is 0 Å². The Balaban J connectivity index is 2.06. The van der Waals surface area contributed by atoms with Crippen molar-refractivity contribution in [1.29, 1.82) is 0 Å². The highest BCUT2D eigenvalue weighted by atomic mass is 16.1. The Morgan fingerprint density at radius 1 is 1.09 bits per heavy atom. The van der Waals surface area contributed by atoms with Crippen LogP contribution in [0, 0.1) is 39.4 Å². The van der Waals surface area contributed by atoms with Gasteiger partial charge in [0.1, 0.15) is 0 Å². The Kier molecular flexibility index (Phi) is 2.65. The molecule has 0 amide bonds. The van der Waals surface area contributed by atoms with Crippen LogP contribution < -0.4 is 0 Å². The van der Waals surface area contributed by atoms with Gasteiger partial charge < -0.3 is 0 Å². The number of rotatable bonds is 0. The quantitative estimate of drug-likeness (QED) is 0.547. The second-order valence-electron chi connectivity index (χ2n) is 10.2. The lowest BCUT2D eigenvalue weighted by Crippen LogP contribution is -2.50. The number of allylic oxidation sites excluding steroid dienone is 1. The molecular formula is C21H32O. The molecule has 1 unspecified atom stereocenters. The topological polar surface area (TPSA) is 17.1 Å². The van der Waals surface area contributed by atoms with E-state index in [2.05, 4.69) is 41.2 Å². The van der Waals surface area contributed by atoms with Gasteiger partial charge in [-0.1, -0.05) is 47.6 Å². The minimum Gasteiger partial charge on any atom is -0.294 e. The molecule has 22 heavy (non-hydrogen) atoms. The molecule has 0 aromatic rings. The highest BCUT2D eigenvalue weighted by Crippen LogP contribution is 2.84. The van der Waals surface area contributed by atoms with Gasteiger partial charge in [0.15, 0.2) is 5.78 Å². The van der Waals surface area contributed by atoms with Crippen LogP contribution in [0.4, 0.5) is 0 Å². The van der Waals surface area contributed by atoms with Crippen molar-refractivity contribution in [2.45, 2.75) is 73.1 Å². The molecule has 0 aromatic carbocycles. The first-order chi connectivity index (χ1) is 10.1. The zero-order chi connectivity index (χ0) is 16.1. The summed E-state index contributed by atoms with van der Waals surface area (Å²) in [6.07, 6.45) is 7.65. The first kappa shape index (κ1) is 15.0. The summed E-state index contributed by atoms with van der Waals surface area (Å²) in [4.78, 5) is 13.3. The Labute approximate surface area is 135 Å². The number of hydrogen-bond acceptors (Lipinski definition) is 1. The fourth-order valence-electron chi connectivity index (χ4n) is 8.53. The third kappa shape index (κ3) is 1.25. The van der Waals surface area contributed by atoms with Crippen LogP contribution in [0.2, 0.25) is 0 Å². The molecule has 1 spiro atoms. The maximum absolute atomic E-state index is 13.3. The highest BCUT2D eigenvalue weighted by molar-refractivity contribution is 6.02. The van der Waals surface area contributed by atoms with Crippen molar-refractivity contribution < 1.29 is 4.79 Å². The van der Waals surface area contributed by atoms with E-state index in [1.165, 1.54) is 32.1 Å². The van der Waals surface area contributed by atoms with Crippen LogP contribution >= 0.6 is 0 Å². The summed E-state index contributed by atoms with van der Waals surface area (Å²) in [6.45, 7) is 16.6. The maximum atomic E-state index is 13.3. The summed E-state index contributed by atoms with van der Waals surface area (Å²) in [5, 5.41) is 0. The van der Waals surface area contributed by atoms with Crippen molar-refractivity contribution in [3.05, 3.63) is 12.2 Å². The van der Waals surface area contributed by atoms with E-state index in [9.17, 15) is 4.79 Å². The first-order valence-corrected chi connectivity index (χ1v) is 9.35. The van der Waals surface area contributed by atoms with Crippen LogP contribution in [-0.2, 0) is 4.79 Å². The van der Waals surface area contributed by atoms with Gasteiger partial charge in [-0.25, -0.2) is 0 Å². The molecule has 0 aliphatic heterocycles. The van der Waals surface area contributed by atoms with Gasteiger partial charge >= 0.3 is 0 Å². The predicted octanol–water partition coefficient (Wildman–Crippen LogP) is 5.40. The Morgan fingerprint density at radius 2 is 1.77 bits per heavy atom. The lowest BCUT2D eigenvalue weighted by Gasteiger charge is -2.53. The molecule has 0 saturated heterocycles. The van der Waals surface area contributed by atoms with Gasteiger partial charge in [-0.2, -0.15) is 0 Å². The van der Waals surface area contributed by atoms with Crippen LogP contribution in [0.1, 0.15) is 73.1 Å². The Hall–Kier alpha value is -0.590. The monoisotopic (exact) mass is 300 g/mol. The molecule has 4 aliphatic carbocycles. The zero-order valence-corrected chi connectivity index (χ0v) is 15.1. The third-order valence-electron chi connectivity index (χ3n) is 8.89. The second kappa shape index (κ2) is 3.90. The Bertz CT molecular complexity index is 572. The number of carbonyl (C=O) groups excluding carboxylic acids is 1. The van der Waals surface area contributed by atoms with E-state index in [1.54, 1.807) is 0 Å². The van der Waals surface area contributed by atoms with Crippen molar-refractivity contribution in [3.63, 3.8) is 0 Å². The number of ketones is 1. The predicted molar refractivity (Wildman–Crippen MR) is 90.4 cm³/mol. The third-order valence-corrected chi connectivity index (χ3v) is 8.89. The van der Waals surface area contributed by atoms with E-state index in [0.717, 1.165) is 12.0 Å². The zero-order valence-electron chi connectivity index (χ0n) is 15.1. The average Bonchev–Trinajstić information content (AvgIpc) is 2.83. The molecule has 0 N–H and O–H groups in total. The lowest BCUT2D eigenvalue weighted by molar-refractivity contribution is -0.128. The molecule has 0 bridgehead atoms. The van der Waals surface area contributed by atoms with Gasteiger partial charge in [-0.3, -0.25) is 4.79 Å². The van der Waals surface area contributed by atoms with E-state index in [1.807, 2.05) is 0 Å². The summed E-state index contributed by atoms with van der Waals surface area (Å²) >= 11 is 0. The molecule has 4 fully saturated rings. The molecule has 1 nitrogen and oxygen atoms in total. The molecule has 0 radical (unpaired) electrons. The SMILES string of the molecule is C=C1C(=O)[C@@H]2[C@H](C)CCC[C@@]3(C)CC[C@@H]4C(C)(C)C[C@]1(C)C243. The molecule has 122 valence electrons. The largest absolute Gasteiger partial charge is 0.294 e. The second-order valence-corrected chi connectivity index (χ2v) is 10.2. The minimum absolute atomic E-state index is 0.0345. The van der Waals surface area contributed by atoms with Crippen LogP contribution in [-0.4, -0.2) is 5.78 Å². The van der Waals surface area contributed by atoms with Gasteiger partial charge in [-0.15, -0.1) is 0 Å². The smallest absolute Gasteiger partial charge is 0.162 e. The van der Waals surface area contributed by atoms with E-state index < -0.39 is 0 Å². The molecular weight excluding hydrogens is 268 g/mol. The van der Waals surface area contributed by atoms with Gasteiger partial charge in [-0.05, 0) is 65.8 Å². The van der Waals surface area contributed by atoms with Gasteiger partial charge in [0.25, 0.3) is 0 Å². The van der Waals surface area contributed by atoms with Gasteiger partial charge in [0, 0.05) is 11.3 Å². The summed E-state index contributed by atoms with van der Waals surface area (Å²) in [5.74, 6) is 1.91. The first-order valence-electron chi connectivity index (χ1n) is 9.35. The normalized spacial score (nSPS) is 56.0. The molecule has 0 aromatic heterocycles. The summed E-state index contributed by atoms with van der Waals surface area (Å²) in [7, 11) is 0.